The number of hydrogen-bond donors (Lipinski definition) is 2. The van der Waals surface area contributed by atoms with Gasteiger partial charge in [0.1, 0.15) is 17.2 Å². The highest BCUT2D eigenvalue weighted by Gasteiger charge is 2.14. The molecular formula is C20H20N4O3. The van der Waals surface area contributed by atoms with E-state index in [0.29, 0.717) is 17.2 Å². The lowest BCUT2D eigenvalue weighted by Crippen LogP contribution is -2.18. The zero-order valence-electron chi connectivity index (χ0n) is 15.3. The lowest BCUT2D eigenvalue weighted by molar-refractivity contribution is 0.0950. The Labute approximate surface area is 157 Å². The van der Waals surface area contributed by atoms with Gasteiger partial charge in [0.2, 0.25) is 0 Å². The summed E-state index contributed by atoms with van der Waals surface area (Å²) in [4.78, 5) is 12.3. The fourth-order valence-electron chi connectivity index (χ4n) is 2.57. The molecule has 2 aromatic carbocycles. The summed E-state index contributed by atoms with van der Waals surface area (Å²) in [7, 11) is 3.16. The van der Waals surface area contributed by atoms with Crippen LogP contribution in [-0.4, -0.2) is 36.5 Å². The Morgan fingerprint density at radius 3 is 2.74 bits per heavy atom. The summed E-state index contributed by atoms with van der Waals surface area (Å²) in [6.45, 7) is 1.99. The number of hydrogen-bond acceptors (Lipinski definition) is 5. The molecule has 3 rings (SSSR count). The van der Waals surface area contributed by atoms with E-state index in [1.807, 2.05) is 31.2 Å². The van der Waals surface area contributed by atoms with Crippen molar-refractivity contribution < 1.29 is 14.3 Å². The van der Waals surface area contributed by atoms with Crippen LogP contribution in [0.5, 0.6) is 11.5 Å². The summed E-state index contributed by atoms with van der Waals surface area (Å²) >= 11 is 0. The molecule has 7 heteroatoms. The second-order valence-corrected chi connectivity index (χ2v) is 5.85. The topological polar surface area (TPSA) is 88.6 Å². The Morgan fingerprint density at radius 1 is 1.15 bits per heavy atom. The van der Waals surface area contributed by atoms with E-state index in [4.69, 9.17) is 9.47 Å². The standard InChI is InChI=1S/C20H20N4O3/c1-13-5-4-6-14(9-13)12-21-24-20(25)18-11-17(22-23-18)16-10-15(26-2)7-8-19(16)27-3/h4-12H,1-3H3,(H,22,23)(H,24,25). The second-order valence-electron chi connectivity index (χ2n) is 5.85. The van der Waals surface area contributed by atoms with Crippen molar-refractivity contribution in [3.8, 4) is 22.8 Å². The smallest absolute Gasteiger partial charge is 0.289 e. The molecule has 0 unspecified atom stereocenters. The highest BCUT2D eigenvalue weighted by atomic mass is 16.5. The van der Waals surface area contributed by atoms with E-state index < -0.39 is 0 Å². The normalized spacial score (nSPS) is 10.8. The van der Waals surface area contributed by atoms with E-state index in [1.165, 1.54) is 0 Å². The zero-order chi connectivity index (χ0) is 19.2. The van der Waals surface area contributed by atoms with Crippen LogP contribution in [0.25, 0.3) is 11.3 Å². The van der Waals surface area contributed by atoms with Gasteiger partial charge < -0.3 is 9.47 Å². The number of carbonyl (C=O) groups excluding carboxylic acids is 1. The van der Waals surface area contributed by atoms with Crippen molar-refractivity contribution in [2.75, 3.05) is 14.2 Å². The van der Waals surface area contributed by atoms with Gasteiger partial charge >= 0.3 is 0 Å². The second kappa shape index (κ2) is 8.18. The first-order valence-corrected chi connectivity index (χ1v) is 8.28. The van der Waals surface area contributed by atoms with Crippen molar-refractivity contribution in [2.45, 2.75) is 6.92 Å². The number of rotatable bonds is 6. The molecule has 0 saturated carbocycles. The molecule has 3 aromatic rings. The van der Waals surface area contributed by atoms with Gasteiger partial charge in [0.25, 0.3) is 5.91 Å². The predicted octanol–water partition coefficient (Wildman–Crippen LogP) is 3.17. The first kappa shape index (κ1) is 18.2. The van der Waals surface area contributed by atoms with Crippen LogP contribution >= 0.6 is 0 Å². The molecule has 1 amide bonds. The average molecular weight is 364 g/mol. The largest absolute Gasteiger partial charge is 0.497 e. The number of aromatic nitrogens is 2. The average Bonchev–Trinajstić information content (AvgIpc) is 3.17. The minimum absolute atomic E-state index is 0.288. The maximum absolute atomic E-state index is 12.3. The Kier molecular flexibility index (Phi) is 5.51. The maximum Gasteiger partial charge on any atom is 0.289 e. The minimum atomic E-state index is -0.389. The molecule has 0 fully saturated rings. The van der Waals surface area contributed by atoms with E-state index >= 15 is 0 Å². The molecule has 0 radical (unpaired) electrons. The van der Waals surface area contributed by atoms with Crippen LogP contribution in [0.3, 0.4) is 0 Å². The molecule has 0 aliphatic rings. The molecule has 1 aromatic heterocycles. The molecule has 0 bridgehead atoms. The van der Waals surface area contributed by atoms with E-state index in [1.54, 1.807) is 44.7 Å². The highest BCUT2D eigenvalue weighted by molar-refractivity contribution is 5.94. The summed E-state index contributed by atoms with van der Waals surface area (Å²) in [5.41, 5.74) is 6.09. The van der Waals surface area contributed by atoms with Crippen LogP contribution in [0, 0.1) is 6.92 Å². The number of aryl methyl sites for hydroxylation is 1. The SMILES string of the molecule is COc1ccc(OC)c(-c2cc(C(=O)NN=Cc3cccc(C)c3)[nH]n2)c1. The van der Waals surface area contributed by atoms with Crippen molar-refractivity contribution in [1.29, 1.82) is 0 Å². The first-order valence-electron chi connectivity index (χ1n) is 8.28. The number of ether oxygens (including phenoxy) is 2. The lowest BCUT2D eigenvalue weighted by Gasteiger charge is -2.08. The zero-order valence-corrected chi connectivity index (χ0v) is 15.3. The van der Waals surface area contributed by atoms with Gasteiger partial charge in [0.15, 0.2) is 0 Å². The van der Waals surface area contributed by atoms with Crippen LogP contribution in [0.1, 0.15) is 21.6 Å². The summed E-state index contributed by atoms with van der Waals surface area (Å²) in [5.74, 6) is 0.911. The van der Waals surface area contributed by atoms with Crippen molar-refractivity contribution in [2.24, 2.45) is 5.10 Å². The summed E-state index contributed by atoms with van der Waals surface area (Å²) < 4.78 is 10.6. The number of hydrazone groups is 1. The third kappa shape index (κ3) is 4.33. The number of nitrogens with zero attached hydrogens (tertiary/aromatic N) is 2. The molecule has 0 aliphatic carbocycles. The van der Waals surface area contributed by atoms with Crippen LogP contribution in [-0.2, 0) is 0 Å². The van der Waals surface area contributed by atoms with Crippen molar-refractivity contribution in [3.05, 3.63) is 65.4 Å². The minimum Gasteiger partial charge on any atom is -0.497 e. The number of nitrogens with one attached hydrogen (secondary N) is 2. The van der Waals surface area contributed by atoms with Gasteiger partial charge in [0.05, 0.1) is 26.1 Å². The molecule has 7 nitrogen and oxygen atoms in total. The van der Waals surface area contributed by atoms with Crippen LogP contribution < -0.4 is 14.9 Å². The summed E-state index contributed by atoms with van der Waals surface area (Å²) in [5, 5.41) is 10.9. The highest BCUT2D eigenvalue weighted by Crippen LogP contribution is 2.32. The molecular weight excluding hydrogens is 344 g/mol. The van der Waals surface area contributed by atoms with E-state index in [-0.39, 0.29) is 11.6 Å². The fraction of sp³-hybridized carbons (Fsp3) is 0.150. The van der Waals surface area contributed by atoms with Crippen LogP contribution in [0.2, 0.25) is 0 Å². The molecule has 0 saturated heterocycles. The Balaban J connectivity index is 1.74. The number of amides is 1. The van der Waals surface area contributed by atoms with E-state index in [9.17, 15) is 4.79 Å². The van der Waals surface area contributed by atoms with Gasteiger partial charge in [-0.05, 0) is 36.8 Å². The van der Waals surface area contributed by atoms with Gasteiger partial charge in [-0.3, -0.25) is 9.89 Å². The van der Waals surface area contributed by atoms with Crippen molar-refractivity contribution in [1.82, 2.24) is 15.6 Å². The van der Waals surface area contributed by atoms with Gasteiger partial charge in [-0.15, -0.1) is 0 Å². The fourth-order valence-corrected chi connectivity index (χ4v) is 2.57. The van der Waals surface area contributed by atoms with E-state index in [0.717, 1.165) is 16.7 Å². The Hall–Kier alpha value is -3.61. The molecule has 0 aliphatic heterocycles. The van der Waals surface area contributed by atoms with Gasteiger partial charge in [0, 0.05) is 5.56 Å². The number of carbonyl (C=O) groups is 1. The number of aromatic amines is 1. The lowest BCUT2D eigenvalue weighted by atomic mass is 10.1. The number of benzene rings is 2. The third-order valence-corrected chi connectivity index (χ3v) is 3.93. The summed E-state index contributed by atoms with van der Waals surface area (Å²) in [6.07, 6.45) is 1.59. The molecule has 0 atom stereocenters. The van der Waals surface area contributed by atoms with Gasteiger partial charge in [-0.2, -0.15) is 10.2 Å². The maximum atomic E-state index is 12.3. The monoisotopic (exact) mass is 364 g/mol. The molecule has 2 N–H and O–H groups in total. The molecule has 0 spiro atoms. The van der Waals surface area contributed by atoms with Gasteiger partial charge in [-0.25, -0.2) is 5.43 Å². The third-order valence-electron chi connectivity index (χ3n) is 3.93. The van der Waals surface area contributed by atoms with Crippen molar-refractivity contribution >= 4 is 12.1 Å². The number of H-pyrrole nitrogens is 1. The Morgan fingerprint density at radius 2 is 2.00 bits per heavy atom. The molecule has 1 heterocycles. The Bertz CT molecular complexity index is 979. The number of methoxy groups -OCH3 is 2. The first-order chi connectivity index (χ1) is 13.1. The quantitative estimate of drug-likeness (QED) is 0.519. The molecule has 27 heavy (non-hydrogen) atoms. The van der Waals surface area contributed by atoms with Crippen LogP contribution in [0.4, 0.5) is 0 Å². The van der Waals surface area contributed by atoms with E-state index in [2.05, 4.69) is 20.7 Å². The summed E-state index contributed by atoms with van der Waals surface area (Å²) in [6, 6.07) is 14.8. The van der Waals surface area contributed by atoms with Crippen molar-refractivity contribution in [3.63, 3.8) is 0 Å². The molecule has 138 valence electrons. The van der Waals surface area contributed by atoms with Crippen LogP contribution in [0.15, 0.2) is 53.6 Å². The van der Waals surface area contributed by atoms with Gasteiger partial charge in [-0.1, -0.05) is 29.8 Å². The predicted molar refractivity (Wildman–Crippen MR) is 103 cm³/mol.